The van der Waals surface area contributed by atoms with Gasteiger partial charge in [0, 0.05) is 6.04 Å². The van der Waals surface area contributed by atoms with E-state index in [1.54, 1.807) is 0 Å². The van der Waals surface area contributed by atoms with E-state index in [-0.39, 0.29) is 24.0 Å². The molecule has 2 amide bonds. The zero-order valence-electron chi connectivity index (χ0n) is 8.63. The van der Waals surface area contributed by atoms with Crippen molar-refractivity contribution in [2.45, 2.75) is 38.8 Å². The smallest absolute Gasteiger partial charge is 0.315 e. The van der Waals surface area contributed by atoms with E-state index in [0.29, 0.717) is 5.92 Å². The van der Waals surface area contributed by atoms with Crippen molar-refractivity contribution in [3.8, 4) is 0 Å². The minimum absolute atomic E-state index is 0.0476. The van der Waals surface area contributed by atoms with Gasteiger partial charge in [-0.15, -0.1) is 0 Å². The van der Waals surface area contributed by atoms with Gasteiger partial charge in [-0.1, -0.05) is 0 Å². The van der Waals surface area contributed by atoms with Gasteiger partial charge >= 0.3 is 6.03 Å². The predicted octanol–water partition coefficient (Wildman–Crippen LogP) is 0.409. The number of carbonyl (C=O) groups excluding carboxylic acids is 1. The summed E-state index contributed by atoms with van der Waals surface area (Å²) < 4.78 is 0. The molecule has 5 N–H and O–H groups in total. The summed E-state index contributed by atoms with van der Waals surface area (Å²) in [7, 11) is 0. The van der Waals surface area contributed by atoms with E-state index < -0.39 is 0 Å². The van der Waals surface area contributed by atoms with E-state index >= 15 is 0 Å². The third-order valence-corrected chi connectivity index (χ3v) is 2.13. The minimum Gasteiger partial charge on any atom is -0.386 e. The van der Waals surface area contributed by atoms with Crippen LogP contribution in [0.1, 0.15) is 26.7 Å². The number of amidine groups is 1. The number of carbonyl (C=O) groups is 1. The molecule has 80 valence electrons. The van der Waals surface area contributed by atoms with E-state index in [1.165, 1.54) is 0 Å². The second kappa shape index (κ2) is 4.30. The standard InChI is InChI=1S/C9H18N4O/c1-5(2)12-9(14)13-7(8(10)11)6-3-4-6/h5-7H,3-4H2,1-2H3,(H3,10,11)(H2,12,13,14). The minimum atomic E-state index is -0.284. The Balaban J connectivity index is 2.39. The molecule has 1 atom stereocenters. The molecule has 0 bridgehead atoms. The Hall–Kier alpha value is -1.26. The summed E-state index contributed by atoms with van der Waals surface area (Å²) in [5.74, 6) is 0.414. The zero-order valence-corrected chi connectivity index (χ0v) is 8.63. The lowest BCUT2D eigenvalue weighted by atomic mass is 10.2. The summed E-state index contributed by atoms with van der Waals surface area (Å²) in [4.78, 5) is 11.3. The van der Waals surface area contributed by atoms with Gasteiger partial charge in [0.15, 0.2) is 0 Å². The van der Waals surface area contributed by atoms with Crippen molar-refractivity contribution in [3.05, 3.63) is 0 Å². The van der Waals surface area contributed by atoms with Gasteiger partial charge in [-0.05, 0) is 32.6 Å². The lowest BCUT2D eigenvalue weighted by Gasteiger charge is -2.18. The Morgan fingerprint density at radius 3 is 2.36 bits per heavy atom. The summed E-state index contributed by atoms with van der Waals surface area (Å²) >= 11 is 0. The SMILES string of the molecule is CC(C)NC(=O)NC(C(=N)N)C1CC1. The highest BCUT2D eigenvalue weighted by Gasteiger charge is 2.34. The summed E-state index contributed by atoms with van der Waals surface area (Å²) in [5.41, 5.74) is 5.40. The molecule has 0 saturated heterocycles. The molecule has 1 fully saturated rings. The van der Waals surface area contributed by atoms with Crippen LogP contribution < -0.4 is 16.4 Å². The number of hydrogen-bond donors (Lipinski definition) is 4. The number of amides is 2. The van der Waals surface area contributed by atoms with E-state index in [4.69, 9.17) is 11.1 Å². The summed E-state index contributed by atoms with van der Waals surface area (Å²) in [6, 6.07) is -0.428. The van der Waals surface area contributed by atoms with Gasteiger partial charge in [0.05, 0.1) is 6.04 Å². The largest absolute Gasteiger partial charge is 0.386 e. The third-order valence-electron chi connectivity index (χ3n) is 2.13. The van der Waals surface area contributed by atoms with Crippen molar-refractivity contribution in [3.63, 3.8) is 0 Å². The van der Waals surface area contributed by atoms with E-state index in [2.05, 4.69) is 10.6 Å². The highest BCUT2D eigenvalue weighted by molar-refractivity contribution is 5.88. The molecule has 0 aromatic rings. The van der Waals surface area contributed by atoms with Crippen molar-refractivity contribution < 1.29 is 4.79 Å². The van der Waals surface area contributed by atoms with Gasteiger partial charge < -0.3 is 16.4 Å². The Morgan fingerprint density at radius 2 is 2.00 bits per heavy atom. The molecule has 0 radical (unpaired) electrons. The normalized spacial score (nSPS) is 17.6. The van der Waals surface area contributed by atoms with Crippen molar-refractivity contribution in [1.29, 1.82) is 5.41 Å². The van der Waals surface area contributed by atoms with Gasteiger partial charge in [0.2, 0.25) is 0 Å². The van der Waals surface area contributed by atoms with E-state index in [9.17, 15) is 4.79 Å². The molecule has 0 spiro atoms. The lowest BCUT2D eigenvalue weighted by Crippen LogP contribution is -2.50. The van der Waals surface area contributed by atoms with Crippen molar-refractivity contribution >= 4 is 11.9 Å². The van der Waals surface area contributed by atoms with Crippen LogP contribution in [0.15, 0.2) is 0 Å². The maximum absolute atomic E-state index is 11.3. The molecule has 5 nitrogen and oxygen atoms in total. The molecule has 1 rings (SSSR count). The molecule has 14 heavy (non-hydrogen) atoms. The van der Waals surface area contributed by atoms with Gasteiger partial charge in [-0.25, -0.2) is 4.79 Å². The fourth-order valence-corrected chi connectivity index (χ4v) is 1.32. The molecular weight excluding hydrogens is 180 g/mol. The average Bonchev–Trinajstić information content (AvgIpc) is 2.80. The molecule has 0 heterocycles. The Morgan fingerprint density at radius 1 is 1.43 bits per heavy atom. The topological polar surface area (TPSA) is 91.0 Å². The molecule has 5 heteroatoms. The Labute approximate surface area is 83.9 Å². The molecule has 1 aliphatic carbocycles. The van der Waals surface area contributed by atoms with Gasteiger partial charge in [-0.3, -0.25) is 5.41 Å². The maximum atomic E-state index is 11.3. The summed E-state index contributed by atoms with van der Waals surface area (Å²) in [6.45, 7) is 3.78. The van der Waals surface area contributed by atoms with Crippen LogP contribution in [0, 0.1) is 11.3 Å². The van der Waals surface area contributed by atoms with E-state index in [0.717, 1.165) is 12.8 Å². The highest BCUT2D eigenvalue weighted by atomic mass is 16.2. The monoisotopic (exact) mass is 198 g/mol. The number of urea groups is 1. The third kappa shape index (κ3) is 3.24. The predicted molar refractivity (Wildman–Crippen MR) is 55.2 cm³/mol. The fraction of sp³-hybridized carbons (Fsp3) is 0.778. The molecule has 1 unspecified atom stereocenters. The molecular formula is C9H18N4O. The van der Waals surface area contributed by atoms with Crippen molar-refractivity contribution in [1.82, 2.24) is 10.6 Å². The number of nitrogens with one attached hydrogen (secondary N) is 3. The maximum Gasteiger partial charge on any atom is 0.315 e. The molecule has 1 aliphatic rings. The molecule has 0 aliphatic heterocycles. The van der Waals surface area contributed by atoms with Crippen LogP contribution in [-0.2, 0) is 0 Å². The van der Waals surface area contributed by atoms with Crippen molar-refractivity contribution in [2.75, 3.05) is 0 Å². The quantitative estimate of drug-likeness (QED) is 0.389. The lowest BCUT2D eigenvalue weighted by molar-refractivity contribution is 0.236. The number of nitrogens with two attached hydrogens (primary N) is 1. The first-order valence-corrected chi connectivity index (χ1v) is 4.91. The second-order valence-electron chi connectivity index (χ2n) is 4.04. The van der Waals surface area contributed by atoms with Crippen LogP contribution in [0.2, 0.25) is 0 Å². The van der Waals surface area contributed by atoms with E-state index in [1.807, 2.05) is 13.8 Å². The van der Waals surface area contributed by atoms with Gasteiger partial charge in [0.1, 0.15) is 5.84 Å². The molecule has 1 saturated carbocycles. The zero-order chi connectivity index (χ0) is 10.7. The molecule has 0 aromatic heterocycles. The van der Waals surface area contributed by atoms with Gasteiger partial charge in [0.25, 0.3) is 0 Å². The number of rotatable bonds is 4. The van der Waals surface area contributed by atoms with Gasteiger partial charge in [-0.2, -0.15) is 0 Å². The average molecular weight is 198 g/mol. The first-order chi connectivity index (χ1) is 6.50. The first-order valence-electron chi connectivity index (χ1n) is 4.91. The van der Waals surface area contributed by atoms with Crippen LogP contribution in [0.25, 0.3) is 0 Å². The first kappa shape index (κ1) is 10.8. The van der Waals surface area contributed by atoms with Crippen LogP contribution in [0.4, 0.5) is 4.79 Å². The molecule has 0 aromatic carbocycles. The van der Waals surface area contributed by atoms with Crippen LogP contribution in [-0.4, -0.2) is 24.0 Å². The van der Waals surface area contributed by atoms with Crippen LogP contribution in [0.5, 0.6) is 0 Å². The van der Waals surface area contributed by atoms with Crippen molar-refractivity contribution in [2.24, 2.45) is 11.7 Å². The Kier molecular flexibility index (Phi) is 3.33. The number of hydrogen-bond acceptors (Lipinski definition) is 2. The summed E-state index contributed by atoms with van der Waals surface area (Å²) in [5, 5.41) is 12.8. The van der Waals surface area contributed by atoms with Crippen LogP contribution in [0.3, 0.4) is 0 Å². The summed E-state index contributed by atoms with van der Waals surface area (Å²) in [6.07, 6.45) is 2.10. The fourth-order valence-electron chi connectivity index (χ4n) is 1.32. The Bertz CT molecular complexity index is 235. The second-order valence-corrected chi connectivity index (χ2v) is 4.04. The highest BCUT2D eigenvalue weighted by Crippen LogP contribution is 2.32. The van der Waals surface area contributed by atoms with Crippen LogP contribution >= 0.6 is 0 Å².